The van der Waals surface area contributed by atoms with Gasteiger partial charge in [0.25, 0.3) is 0 Å². The molecular weight excluding hydrogens is 148 g/mol. The Morgan fingerprint density at radius 1 is 1.64 bits per heavy atom. The fourth-order valence-electron chi connectivity index (χ4n) is 0.881. The third-order valence-corrected chi connectivity index (χ3v) is 1.42. The molecule has 1 aliphatic rings. The third-order valence-electron chi connectivity index (χ3n) is 1.42. The van der Waals surface area contributed by atoms with Crippen molar-refractivity contribution < 1.29 is 9.84 Å². The van der Waals surface area contributed by atoms with Crippen LogP contribution in [-0.4, -0.2) is 48.9 Å². The first kappa shape index (κ1) is 8.85. The maximum atomic E-state index is 9.24. The van der Waals surface area contributed by atoms with E-state index in [9.17, 15) is 5.11 Å². The molecule has 0 bridgehead atoms. The molecule has 0 aromatic heterocycles. The van der Waals surface area contributed by atoms with Gasteiger partial charge in [0.2, 0.25) is 0 Å². The number of aliphatic hydroxyl groups is 1. The second-order valence-electron chi connectivity index (χ2n) is 2.35. The maximum Gasteiger partial charge on any atom is 0.191 e. The van der Waals surface area contributed by atoms with E-state index in [1.54, 1.807) is 24.3 Å². The van der Waals surface area contributed by atoms with Crippen LogP contribution in [0.3, 0.4) is 0 Å². The van der Waals surface area contributed by atoms with Gasteiger partial charge in [-0.25, -0.2) is 0 Å². The van der Waals surface area contributed by atoms with Crippen molar-refractivity contribution in [3.05, 3.63) is 0 Å². The van der Waals surface area contributed by atoms with E-state index < -0.39 is 6.35 Å². The fourth-order valence-corrected chi connectivity index (χ4v) is 0.881. The van der Waals surface area contributed by atoms with Crippen LogP contribution in [0.15, 0.2) is 0 Å². The molecule has 3 N–H and O–H groups in total. The molecule has 0 aromatic rings. The quantitative estimate of drug-likeness (QED) is 0.450. The van der Waals surface area contributed by atoms with Crippen molar-refractivity contribution in [3.8, 4) is 0 Å². The van der Waals surface area contributed by atoms with Gasteiger partial charge in [0.1, 0.15) is 0 Å². The molecular formula is C5H14N4O2. The molecule has 0 radical (unpaired) electrons. The first-order valence-electron chi connectivity index (χ1n) is 3.44. The van der Waals surface area contributed by atoms with Gasteiger partial charge in [0.05, 0.1) is 6.61 Å². The zero-order valence-electron chi connectivity index (χ0n) is 6.74. The number of nitrogens with zero attached hydrogens (tertiary/aromatic N) is 2. The summed E-state index contributed by atoms with van der Waals surface area (Å²) in [6, 6.07) is 0. The molecule has 0 amide bonds. The molecule has 1 heterocycles. The molecule has 6 nitrogen and oxygen atoms in total. The predicted octanol–water partition coefficient (Wildman–Crippen LogP) is -1.92. The monoisotopic (exact) mass is 162 g/mol. The van der Waals surface area contributed by atoms with Crippen LogP contribution in [0.5, 0.6) is 0 Å². The highest BCUT2D eigenvalue weighted by atomic mass is 16.5. The Hall–Kier alpha value is -0.240. The number of hydrazine groups is 3. The molecule has 0 spiro atoms. The van der Waals surface area contributed by atoms with Gasteiger partial charge in [-0.3, -0.25) is 0 Å². The molecule has 0 aliphatic carbocycles. The van der Waals surface area contributed by atoms with Crippen LogP contribution < -0.4 is 11.0 Å². The number of hydrogen-bond acceptors (Lipinski definition) is 6. The lowest BCUT2D eigenvalue weighted by Gasteiger charge is -2.16. The lowest BCUT2D eigenvalue weighted by molar-refractivity contribution is -0.0152. The third kappa shape index (κ3) is 2.37. The van der Waals surface area contributed by atoms with Crippen LogP contribution in [-0.2, 0) is 4.74 Å². The minimum absolute atomic E-state index is 0.583. The van der Waals surface area contributed by atoms with E-state index in [4.69, 9.17) is 4.74 Å². The molecule has 1 atom stereocenters. The van der Waals surface area contributed by atoms with Gasteiger partial charge >= 0.3 is 0 Å². The van der Waals surface area contributed by atoms with Crippen molar-refractivity contribution in [2.45, 2.75) is 6.35 Å². The molecule has 11 heavy (non-hydrogen) atoms. The summed E-state index contributed by atoms with van der Waals surface area (Å²) in [6.07, 6.45) is -0.671. The zero-order valence-corrected chi connectivity index (χ0v) is 6.74. The Balaban J connectivity index is 2.23. The predicted molar refractivity (Wildman–Crippen MR) is 38.6 cm³/mol. The summed E-state index contributed by atoms with van der Waals surface area (Å²) in [5, 5.41) is 12.5. The van der Waals surface area contributed by atoms with Crippen LogP contribution in [0.25, 0.3) is 0 Å². The number of ether oxygens (including phenoxy) is 1. The molecule has 1 aliphatic heterocycles. The lowest BCUT2D eigenvalue weighted by Crippen LogP contribution is -2.42. The topological polar surface area (TPSA) is 60.0 Å². The minimum Gasteiger partial charge on any atom is -0.383 e. The van der Waals surface area contributed by atoms with Gasteiger partial charge in [-0.05, 0) is 0 Å². The van der Waals surface area contributed by atoms with E-state index in [1.165, 1.54) is 0 Å². The van der Waals surface area contributed by atoms with Crippen LogP contribution in [0.4, 0.5) is 0 Å². The molecule has 66 valence electrons. The van der Waals surface area contributed by atoms with Gasteiger partial charge in [0.15, 0.2) is 6.35 Å². The summed E-state index contributed by atoms with van der Waals surface area (Å²) in [6.45, 7) is 1.22. The summed E-state index contributed by atoms with van der Waals surface area (Å²) in [5.41, 5.74) is 5.59. The Labute approximate surface area is 65.6 Å². The maximum absolute atomic E-state index is 9.24. The van der Waals surface area contributed by atoms with Crippen molar-refractivity contribution in [1.82, 2.24) is 21.1 Å². The van der Waals surface area contributed by atoms with E-state index >= 15 is 0 Å². The molecule has 0 aromatic carbocycles. The number of nitrogens with one attached hydrogen (secondary N) is 2. The van der Waals surface area contributed by atoms with E-state index in [0.29, 0.717) is 13.2 Å². The highest BCUT2D eigenvalue weighted by Crippen LogP contribution is 1.95. The summed E-state index contributed by atoms with van der Waals surface area (Å²) >= 11 is 0. The number of rotatable bonds is 3. The molecule has 1 fully saturated rings. The Morgan fingerprint density at radius 2 is 2.36 bits per heavy atom. The van der Waals surface area contributed by atoms with Gasteiger partial charge < -0.3 is 9.84 Å². The van der Waals surface area contributed by atoms with Crippen LogP contribution in [0, 0.1) is 0 Å². The first-order chi connectivity index (χ1) is 5.24. The summed E-state index contributed by atoms with van der Waals surface area (Å²) in [5.74, 6) is 0. The summed E-state index contributed by atoms with van der Waals surface area (Å²) < 4.78 is 4.85. The van der Waals surface area contributed by atoms with Gasteiger partial charge in [-0.1, -0.05) is 0 Å². The van der Waals surface area contributed by atoms with Crippen molar-refractivity contribution >= 4 is 0 Å². The summed E-state index contributed by atoms with van der Waals surface area (Å²) in [7, 11) is 3.40. The molecule has 1 rings (SSSR count). The highest BCUT2D eigenvalue weighted by Gasteiger charge is 2.24. The minimum atomic E-state index is -0.671. The van der Waals surface area contributed by atoms with E-state index in [0.717, 1.165) is 0 Å². The Kier molecular flexibility index (Phi) is 3.18. The van der Waals surface area contributed by atoms with Crippen molar-refractivity contribution in [3.63, 3.8) is 0 Å². The number of hydrogen-bond donors (Lipinski definition) is 3. The van der Waals surface area contributed by atoms with Gasteiger partial charge in [0, 0.05) is 20.7 Å². The number of methoxy groups -OCH3 is 1. The molecule has 1 unspecified atom stereocenters. The van der Waals surface area contributed by atoms with Crippen LogP contribution in [0.2, 0.25) is 0 Å². The van der Waals surface area contributed by atoms with Crippen molar-refractivity contribution in [1.29, 1.82) is 0 Å². The van der Waals surface area contributed by atoms with Gasteiger partial charge in [-0.2, -0.15) is 21.1 Å². The van der Waals surface area contributed by atoms with E-state index in [-0.39, 0.29) is 0 Å². The largest absolute Gasteiger partial charge is 0.383 e. The second-order valence-corrected chi connectivity index (χ2v) is 2.35. The fraction of sp³-hybridized carbons (Fsp3) is 1.00. The van der Waals surface area contributed by atoms with Gasteiger partial charge in [-0.15, -0.1) is 0 Å². The average Bonchev–Trinajstić information content (AvgIpc) is 2.26. The standard InChI is InChI=1S/C5H14N4O2/c1-8-6-5(10)9(7-8)3-4-11-2/h5-7,10H,3-4H2,1-2H3. The van der Waals surface area contributed by atoms with E-state index in [1.807, 2.05) is 0 Å². The van der Waals surface area contributed by atoms with Crippen LogP contribution in [0.1, 0.15) is 0 Å². The molecule has 1 saturated heterocycles. The second kappa shape index (κ2) is 3.96. The number of aliphatic hydroxyl groups excluding tert-OH is 1. The first-order valence-corrected chi connectivity index (χ1v) is 3.44. The Bertz CT molecular complexity index is 123. The molecule has 6 heteroatoms. The van der Waals surface area contributed by atoms with Crippen molar-refractivity contribution in [2.24, 2.45) is 0 Å². The summed E-state index contributed by atoms with van der Waals surface area (Å²) in [4.78, 5) is 0. The highest BCUT2D eigenvalue weighted by molar-refractivity contribution is 4.56. The zero-order chi connectivity index (χ0) is 8.27. The van der Waals surface area contributed by atoms with E-state index in [2.05, 4.69) is 11.0 Å². The average molecular weight is 162 g/mol. The Morgan fingerprint density at radius 3 is 2.82 bits per heavy atom. The lowest BCUT2D eigenvalue weighted by atomic mass is 10.6. The normalized spacial score (nSPS) is 28.1. The van der Waals surface area contributed by atoms with Crippen molar-refractivity contribution in [2.75, 3.05) is 27.3 Å². The molecule has 0 saturated carbocycles. The SMILES string of the molecule is COCCN1NN(C)NC1O. The van der Waals surface area contributed by atoms with Crippen LogP contribution >= 0.6 is 0 Å². The smallest absolute Gasteiger partial charge is 0.191 e.